The summed E-state index contributed by atoms with van der Waals surface area (Å²) in [7, 11) is 0. The van der Waals surface area contributed by atoms with Gasteiger partial charge in [-0.15, -0.1) is 0 Å². The summed E-state index contributed by atoms with van der Waals surface area (Å²) in [5.74, 6) is 0.256. The van der Waals surface area contributed by atoms with Crippen LogP contribution in [0.3, 0.4) is 0 Å². The molecule has 2 fully saturated rings. The van der Waals surface area contributed by atoms with Gasteiger partial charge in [0.15, 0.2) is 17.7 Å². The first-order chi connectivity index (χ1) is 10.6. The maximum absolute atomic E-state index is 10.7. The molecule has 4 heterocycles. The second-order valence-corrected chi connectivity index (χ2v) is 5.52. The second-order valence-electron chi connectivity index (χ2n) is 5.52. The highest BCUT2D eigenvalue weighted by atomic mass is 16.7. The van der Waals surface area contributed by atoms with Crippen molar-refractivity contribution in [3.05, 3.63) is 17.6 Å². The van der Waals surface area contributed by atoms with Crippen LogP contribution in [0.4, 0.5) is 5.82 Å². The van der Waals surface area contributed by atoms with E-state index in [2.05, 4.69) is 20.1 Å². The Morgan fingerprint density at radius 3 is 3.09 bits per heavy atom. The molecule has 10 nitrogen and oxygen atoms in total. The standard InChI is InChI=1S/C12H14N6O4/c1-5-12(2-17-20)8(19)7(21-5)11(22-12)18-4-16-6-9(13)14-3-15-10(6)18/h3-5,7-8,11,19H,2H2,1H3,(H2,13,14,15)/t5?,7?,8-,11?,12?/m1/s1. The number of aliphatic hydroxyl groups is 1. The average Bonchev–Trinajstić information content (AvgIpc) is 3.10. The Balaban J connectivity index is 1.78. The first-order valence-corrected chi connectivity index (χ1v) is 6.82. The van der Waals surface area contributed by atoms with Crippen LogP contribution in [-0.2, 0) is 9.47 Å². The number of aromatic nitrogens is 4. The lowest BCUT2D eigenvalue weighted by atomic mass is 9.94. The van der Waals surface area contributed by atoms with Crippen molar-refractivity contribution in [3.63, 3.8) is 0 Å². The zero-order valence-electron chi connectivity index (χ0n) is 11.7. The Labute approximate surface area is 124 Å². The molecule has 2 bridgehead atoms. The summed E-state index contributed by atoms with van der Waals surface area (Å²) in [6, 6.07) is 0. The maximum Gasteiger partial charge on any atom is 0.167 e. The van der Waals surface area contributed by atoms with Crippen molar-refractivity contribution < 1.29 is 14.6 Å². The summed E-state index contributed by atoms with van der Waals surface area (Å²) in [4.78, 5) is 22.9. The molecule has 3 N–H and O–H groups in total. The topological polar surface area (TPSA) is 138 Å². The molecule has 116 valence electrons. The van der Waals surface area contributed by atoms with Crippen LogP contribution in [0.15, 0.2) is 17.8 Å². The van der Waals surface area contributed by atoms with E-state index in [0.29, 0.717) is 11.2 Å². The van der Waals surface area contributed by atoms with Gasteiger partial charge < -0.3 is 20.3 Å². The first-order valence-electron chi connectivity index (χ1n) is 6.82. The Morgan fingerprint density at radius 1 is 1.50 bits per heavy atom. The molecule has 2 aromatic heterocycles. The molecular formula is C12H14N6O4. The predicted octanol–water partition coefficient (Wildman–Crippen LogP) is -0.409. The molecule has 0 aliphatic carbocycles. The van der Waals surface area contributed by atoms with E-state index in [-0.39, 0.29) is 12.4 Å². The number of ether oxygens (including phenoxy) is 2. The van der Waals surface area contributed by atoms with Gasteiger partial charge in [-0.3, -0.25) is 4.57 Å². The third-order valence-electron chi connectivity index (χ3n) is 4.46. The number of nitroso groups, excluding NO2 is 1. The van der Waals surface area contributed by atoms with Crippen LogP contribution in [0.1, 0.15) is 13.2 Å². The van der Waals surface area contributed by atoms with E-state index < -0.39 is 30.1 Å². The SMILES string of the molecule is CC1OC2C(n3cnc4c(N)ncnc43)OC1(CN=O)[C@@H]2O. The molecule has 22 heavy (non-hydrogen) atoms. The number of aliphatic hydroxyl groups excluding tert-OH is 1. The zero-order chi connectivity index (χ0) is 15.5. The number of hydrogen-bond donors (Lipinski definition) is 2. The maximum atomic E-state index is 10.7. The van der Waals surface area contributed by atoms with Crippen LogP contribution in [0, 0.1) is 4.91 Å². The van der Waals surface area contributed by atoms with Crippen LogP contribution in [-0.4, -0.2) is 55.1 Å². The third kappa shape index (κ3) is 1.51. The van der Waals surface area contributed by atoms with E-state index in [1.807, 2.05) is 0 Å². The minimum absolute atomic E-state index is 0.188. The lowest BCUT2D eigenvalue weighted by Gasteiger charge is -2.34. The molecule has 2 aliphatic rings. The summed E-state index contributed by atoms with van der Waals surface area (Å²) >= 11 is 0. The number of anilines is 1. The van der Waals surface area contributed by atoms with Gasteiger partial charge in [0.1, 0.15) is 36.2 Å². The van der Waals surface area contributed by atoms with Crippen molar-refractivity contribution in [2.45, 2.75) is 37.1 Å². The summed E-state index contributed by atoms with van der Waals surface area (Å²) in [5, 5.41) is 13.3. The molecule has 5 atom stereocenters. The van der Waals surface area contributed by atoms with E-state index in [1.54, 1.807) is 11.5 Å². The van der Waals surface area contributed by atoms with Crippen LogP contribution in [0.25, 0.3) is 11.2 Å². The lowest BCUT2D eigenvalue weighted by molar-refractivity contribution is -0.201. The van der Waals surface area contributed by atoms with Crippen molar-refractivity contribution in [1.82, 2.24) is 19.5 Å². The largest absolute Gasteiger partial charge is 0.387 e. The number of hydrogen-bond acceptors (Lipinski definition) is 9. The average molecular weight is 306 g/mol. The van der Waals surface area contributed by atoms with E-state index in [1.165, 1.54) is 12.7 Å². The van der Waals surface area contributed by atoms with Crippen LogP contribution in [0.5, 0.6) is 0 Å². The fraction of sp³-hybridized carbons (Fsp3) is 0.583. The molecule has 0 aromatic carbocycles. The van der Waals surface area contributed by atoms with Crippen molar-refractivity contribution in [1.29, 1.82) is 0 Å². The molecule has 4 rings (SSSR count). The Morgan fingerprint density at radius 2 is 2.32 bits per heavy atom. The third-order valence-corrected chi connectivity index (χ3v) is 4.46. The molecule has 10 heteroatoms. The van der Waals surface area contributed by atoms with Crippen LogP contribution in [0.2, 0.25) is 0 Å². The highest BCUT2D eigenvalue weighted by Crippen LogP contribution is 2.49. The smallest absolute Gasteiger partial charge is 0.167 e. The zero-order valence-corrected chi connectivity index (χ0v) is 11.7. The minimum atomic E-state index is -1.15. The molecule has 0 saturated carbocycles. The Hall–Kier alpha value is -2.17. The van der Waals surface area contributed by atoms with Gasteiger partial charge in [0.05, 0.1) is 12.4 Å². The van der Waals surface area contributed by atoms with Gasteiger partial charge in [-0.1, -0.05) is 5.18 Å². The number of rotatable bonds is 3. The molecule has 4 unspecified atom stereocenters. The van der Waals surface area contributed by atoms with E-state index in [0.717, 1.165) is 0 Å². The monoisotopic (exact) mass is 306 g/mol. The summed E-state index contributed by atoms with van der Waals surface area (Å²) in [5.41, 5.74) is 5.53. The number of fused-ring (bicyclic) bond motifs is 3. The number of nitrogens with zero attached hydrogens (tertiary/aromatic N) is 5. The van der Waals surface area contributed by atoms with E-state index in [4.69, 9.17) is 15.2 Å². The van der Waals surface area contributed by atoms with Crippen molar-refractivity contribution >= 4 is 17.0 Å². The molecule has 0 radical (unpaired) electrons. The normalized spacial score (nSPS) is 37.0. The fourth-order valence-electron chi connectivity index (χ4n) is 3.26. The van der Waals surface area contributed by atoms with Gasteiger partial charge in [-0.2, -0.15) is 4.91 Å². The molecular weight excluding hydrogens is 292 g/mol. The molecule has 2 aromatic rings. The second kappa shape index (κ2) is 4.41. The molecule has 2 saturated heterocycles. The minimum Gasteiger partial charge on any atom is -0.387 e. The fourth-order valence-corrected chi connectivity index (χ4v) is 3.26. The van der Waals surface area contributed by atoms with Crippen LogP contribution < -0.4 is 5.73 Å². The van der Waals surface area contributed by atoms with Crippen molar-refractivity contribution in [2.75, 3.05) is 12.3 Å². The lowest BCUT2D eigenvalue weighted by Crippen LogP contribution is -2.48. The molecule has 2 aliphatic heterocycles. The summed E-state index contributed by atoms with van der Waals surface area (Å²) in [6.07, 6.45) is 0.144. The number of nitrogens with two attached hydrogens (primary N) is 1. The van der Waals surface area contributed by atoms with Gasteiger partial charge in [-0.05, 0) is 6.92 Å². The van der Waals surface area contributed by atoms with Gasteiger partial charge in [-0.25, -0.2) is 15.0 Å². The Bertz CT molecular complexity index is 750. The summed E-state index contributed by atoms with van der Waals surface area (Å²) in [6.45, 7) is 1.56. The van der Waals surface area contributed by atoms with Crippen molar-refractivity contribution in [2.24, 2.45) is 5.18 Å². The molecule has 0 amide bonds. The summed E-state index contributed by atoms with van der Waals surface area (Å²) < 4.78 is 13.3. The number of nitrogen functional groups attached to an aromatic ring is 1. The Kier molecular flexibility index (Phi) is 2.71. The van der Waals surface area contributed by atoms with Gasteiger partial charge >= 0.3 is 0 Å². The van der Waals surface area contributed by atoms with E-state index >= 15 is 0 Å². The van der Waals surface area contributed by atoms with Gasteiger partial charge in [0, 0.05) is 0 Å². The highest BCUT2D eigenvalue weighted by molar-refractivity contribution is 5.81. The quantitative estimate of drug-likeness (QED) is 0.730. The molecule has 0 spiro atoms. The van der Waals surface area contributed by atoms with Gasteiger partial charge in [0.25, 0.3) is 0 Å². The van der Waals surface area contributed by atoms with Crippen LogP contribution >= 0.6 is 0 Å². The highest BCUT2D eigenvalue weighted by Gasteiger charge is 2.66. The van der Waals surface area contributed by atoms with Gasteiger partial charge in [0.2, 0.25) is 0 Å². The van der Waals surface area contributed by atoms with Crippen molar-refractivity contribution in [3.8, 4) is 0 Å². The first kappa shape index (κ1) is 13.5. The van der Waals surface area contributed by atoms with E-state index in [9.17, 15) is 10.0 Å². The number of imidazole rings is 1. The predicted molar refractivity (Wildman–Crippen MR) is 73.6 cm³/mol.